The molecular weight excluding hydrogens is 671 g/mol. The SMILES string of the molecule is CCOC(=O)c1c(-c2ccccc2)csc1NC(=O)C(C)Sc1cccc(NC(=O)/C(=C/c2cccc(OC)c2)NC(=O)c2ccccc2)c1. The van der Waals surface area contributed by atoms with E-state index in [1.807, 2.05) is 41.8 Å². The first-order valence-electron chi connectivity index (χ1n) is 15.7. The van der Waals surface area contributed by atoms with Gasteiger partial charge in [-0.05, 0) is 73.5 Å². The van der Waals surface area contributed by atoms with E-state index in [0.717, 1.165) is 10.5 Å². The molecule has 3 amide bonds. The lowest BCUT2D eigenvalue weighted by molar-refractivity contribution is -0.115. The number of carbonyl (C=O) groups excluding carboxylic acids is 4. The summed E-state index contributed by atoms with van der Waals surface area (Å²) in [6, 6.07) is 32.2. The van der Waals surface area contributed by atoms with Gasteiger partial charge in [0.05, 0.1) is 19.0 Å². The van der Waals surface area contributed by atoms with Gasteiger partial charge in [0.25, 0.3) is 11.8 Å². The molecule has 5 aromatic rings. The molecule has 254 valence electrons. The third-order valence-electron chi connectivity index (χ3n) is 7.30. The fraction of sp³-hybridized carbons (Fsp3) is 0.128. The van der Waals surface area contributed by atoms with Crippen LogP contribution in [0.1, 0.15) is 40.1 Å². The van der Waals surface area contributed by atoms with Crippen molar-refractivity contribution in [1.29, 1.82) is 0 Å². The van der Waals surface area contributed by atoms with Crippen LogP contribution in [0.2, 0.25) is 0 Å². The van der Waals surface area contributed by atoms with Crippen LogP contribution >= 0.6 is 23.1 Å². The van der Waals surface area contributed by atoms with Crippen LogP contribution in [-0.2, 0) is 14.3 Å². The lowest BCUT2D eigenvalue weighted by Gasteiger charge is -2.14. The predicted octanol–water partition coefficient (Wildman–Crippen LogP) is 8.13. The smallest absolute Gasteiger partial charge is 0.341 e. The number of anilines is 2. The average molecular weight is 706 g/mol. The Labute approximate surface area is 298 Å². The molecule has 3 N–H and O–H groups in total. The van der Waals surface area contributed by atoms with E-state index in [1.54, 1.807) is 99.8 Å². The molecule has 4 aromatic carbocycles. The zero-order valence-corrected chi connectivity index (χ0v) is 29.2. The molecule has 0 aliphatic carbocycles. The molecule has 50 heavy (non-hydrogen) atoms. The van der Waals surface area contributed by atoms with Crippen molar-refractivity contribution in [1.82, 2.24) is 5.32 Å². The third kappa shape index (κ3) is 9.28. The van der Waals surface area contributed by atoms with Gasteiger partial charge < -0.3 is 25.4 Å². The van der Waals surface area contributed by atoms with E-state index in [-0.39, 0.29) is 18.2 Å². The van der Waals surface area contributed by atoms with Crippen LogP contribution in [0.5, 0.6) is 5.75 Å². The Morgan fingerprint density at radius 1 is 0.860 bits per heavy atom. The summed E-state index contributed by atoms with van der Waals surface area (Å²) in [7, 11) is 1.55. The van der Waals surface area contributed by atoms with E-state index < -0.39 is 23.0 Å². The van der Waals surface area contributed by atoms with Crippen LogP contribution in [-0.4, -0.2) is 42.7 Å². The standard InChI is InChI=1S/C39H35N3O6S2/c1-4-48-39(46)34-32(27-14-7-5-8-15-27)24-49-38(34)42-35(43)25(2)50-31-20-12-18-29(23-31)40-37(45)33(22-26-13-11-19-30(21-26)47-3)41-36(44)28-16-9-6-10-17-28/h5-25H,4H2,1-3H3,(H,40,45)(H,41,44)(H,42,43)/b33-22-. The van der Waals surface area contributed by atoms with Crippen LogP contribution in [0.15, 0.2) is 125 Å². The molecule has 0 saturated heterocycles. The zero-order valence-electron chi connectivity index (χ0n) is 27.6. The molecule has 0 fully saturated rings. The Morgan fingerprint density at radius 3 is 2.30 bits per heavy atom. The van der Waals surface area contributed by atoms with Gasteiger partial charge in [-0.25, -0.2) is 4.79 Å². The van der Waals surface area contributed by atoms with Crippen molar-refractivity contribution >= 4 is 63.6 Å². The number of thioether (sulfide) groups is 1. The fourth-order valence-corrected chi connectivity index (χ4v) is 6.73. The summed E-state index contributed by atoms with van der Waals surface area (Å²) in [6.45, 7) is 3.70. The minimum absolute atomic E-state index is 0.0288. The van der Waals surface area contributed by atoms with Crippen molar-refractivity contribution in [2.45, 2.75) is 24.0 Å². The molecule has 1 aromatic heterocycles. The second-order valence-electron chi connectivity index (χ2n) is 10.8. The highest BCUT2D eigenvalue weighted by atomic mass is 32.2. The number of esters is 1. The molecular formula is C39H35N3O6S2. The Balaban J connectivity index is 1.31. The summed E-state index contributed by atoms with van der Waals surface area (Å²) in [4.78, 5) is 53.7. The second kappa shape index (κ2) is 17.1. The van der Waals surface area contributed by atoms with Gasteiger partial charge in [0.2, 0.25) is 5.91 Å². The minimum atomic E-state index is -0.563. The number of benzene rings is 4. The van der Waals surface area contributed by atoms with Crippen LogP contribution in [0.4, 0.5) is 10.7 Å². The molecule has 1 unspecified atom stereocenters. The highest BCUT2D eigenvalue weighted by Crippen LogP contribution is 2.37. The summed E-state index contributed by atoms with van der Waals surface area (Å²) in [5.41, 5.74) is 3.39. The van der Waals surface area contributed by atoms with Gasteiger partial charge in [0.1, 0.15) is 22.0 Å². The number of rotatable bonds is 13. The molecule has 0 radical (unpaired) electrons. The monoisotopic (exact) mass is 705 g/mol. The Kier molecular flexibility index (Phi) is 12.2. The van der Waals surface area contributed by atoms with Crippen molar-refractivity contribution in [2.75, 3.05) is 24.4 Å². The molecule has 0 saturated carbocycles. The highest BCUT2D eigenvalue weighted by Gasteiger charge is 2.25. The van der Waals surface area contributed by atoms with Crippen molar-refractivity contribution in [3.63, 3.8) is 0 Å². The summed E-state index contributed by atoms with van der Waals surface area (Å²) >= 11 is 2.55. The quantitative estimate of drug-likeness (QED) is 0.0642. The van der Waals surface area contributed by atoms with Crippen LogP contribution in [0.25, 0.3) is 17.2 Å². The van der Waals surface area contributed by atoms with Gasteiger partial charge in [0.15, 0.2) is 0 Å². The van der Waals surface area contributed by atoms with E-state index in [9.17, 15) is 19.2 Å². The molecule has 0 aliphatic rings. The Hall–Kier alpha value is -5.65. The van der Waals surface area contributed by atoms with E-state index in [4.69, 9.17) is 9.47 Å². The number of amides is 3. The van der Waals surface area contributed by atoms with Gasteiger partial charge in [-0.1, -0.05) is 66.7 Å². The Bertz CT molecular complexity index is 2010. The molecule has 1 heterocycles. The first-order valence-corrected chi connectivity index (χ1v) is 17.5. The lowest BCUT2D eigenvalue weighted by atomic mass is 10.0. The van der Waals surface area contributed by atoms with Crippen molar-refractivity contribution in [3.05, 3.63) is 137 Å². The van der Waals surface area contributed by atoms with Crippen LogP contribution < -0.4 is 20.7 Å². The van der Waals surface area contributed by atoms with Gasteiger partial charge >= 0.3 is 5.97 Å². The average Bonchev–Trinajstić information content (AvgIpc) is 3.56. The molecule has 0 aliphatic heterocycles. The van der Waals surface area contributed by atoms with Crippen LogP contribution in [0, 0.1) is 0 Å². The zero-order chi connectivity index (χ0) is 35.5. The summed E-state index contributed by atoms with van der Waals surface area (Å²) in [5.74, 6) is -1.19. The molecule has 5 rings (SSSR count). The minimum Gasteiger partial charge on any atom is -0.497 e. The van der Waals surface area contributed by atoms with E-state index >= 15 is 0 Å². The maximum atomic E-state index is 13.6. The van der Waals surface area contributed by atoms with Crippen LogP contribution in [0.3, 0.4) is 0 Å². The third-order valence-corrected chi connectivity index (χ3v) is 9.29. The van der Waals surface area contributed by atoms with E-state index in [1.165, 1.54) is 23.1 Å². The molecule has 11 heteroatoms. The van der Waals surface area contributed by atoms with E-state index in [2.05, 4.69) is 16.0 Å². The summed E-state index contributed by atoms with van der Waals surface area (Å²) in [5, 5.41) is 10.2. The van der Waals surface area contributed by atoms with Crippen molar-refractivity contribution in [3.8, 4) is 16.9 Å². The van der Waals surface area contributed by atoms with Crippen molar-refractivity contribution in [2.24, 2.45) is 0 Å². The maximum absolute atomic E-state index is 13.6. The first kappa shape index (κ1) is 35.7. The number of nitrogens with one attached hydrogen (secondary N) is 3. The number of hydrogen-bond acceptors (Lipinski definition) is 8. The van der Waals surface area contributed by atoms with Gasteiger partial charge in [-0.2, -0.15) is 0 Å². The first-order chi connectivity index (χ1) is 24.2. The fourth-order valence-electron chi connectivity index (χ4n) is 4.84. The lowest BCUT2D eigenvalue weighted by Crippen LogP contribution is -2.30. The molecule has 0 spiro atoms. The van der Waals surface area contributed by atoms with Gasteiger partial charge in [-0.3, -0.25) is 14.4 Å². The number of carbonyl (C=O) groups is 4. The predicted molar refractivity (Wildman–Crippen MR) is 200 cm³/mol. The number of methoxy groups -OCH3 is 1. The molecule has 1 atom stereocenters. The Morgan fingerprint density at radius 2 is 1.58 bits per heavy atom. The normalized spacial score (nSPS) is 11.6. The number of hydrogen-bond donors (Lipinski definition) is 3. The van der Waals surface area contributed by atoms with Gasteiger partial charge in [0, 0.05) is 27.1 Å². The number of ether oxygens (including phenoxy) is 2. The summed E-state index contributed by atoms with van der Waals surface area (Å²) < 4.78 is 10.6. The highest BCUT2D eigenvalue weighted by molar-refractivity contribution is 8.00. The largest absolute Gasteiger partial charge is 0.497 e. The summed E-state index contributed by atoms with van der Waals surface area (Å²) in [6.07, 6.45) is 1.57. The number of thiophene rings is 1. The second-order valence-corrected chi connectivity index (χ2v) is 13.1. The molecule has 0 bridgehead atoms. The maximum Gasteiger partial charge on any atom is 0.341 e. The topological polar surface area (TPSA) is 123 Å². The molecule has 9 nitrogen and oxygen atoms in total. The van der Waals surface area contributed by atoms with E-state index in [0.29, 0.717) is 38.7 Å². The van der Waals surface area contributed by atoms with Crippen molar-refractivity contribution < 1.29 is 28.7 Å². The van der Waals surface area contributed by atoms with Gasteiger partial charge in [-0.15, -0.1) is 23.1 Å².